The Labute approximate surface area is 355 Å². The molecule has 0 fully saturated rings. The smallest absolute Gasteiger partial charge is 0.300 e. The molecule has 2 aromatic carbocycles. The van der Waals surface area contributed by atoms with Crippen LogP contribution in [0.25, 0.3) is 42.0 Å². The average Bonchev–Trinajstić information content (AvgIpc) is 3.83. The monoisotopic (exact) mass is 988 g/mol. The van der Waals surface area contributed by atoms with Crippen LogP contribution in [0.4, 0.5) is 0 Å². The van der Waals surface area contributed by atoms with Crippen molar-refractivity contribution in [1.82, 2.24) is 29.2 Å². The van der Waals surface area contributed by atoms with Crippen molar-refractivity contribution in [3.05, 3.63) is 115 Å². The van der Waals surface area contributed by atoms with Gasteiger partial charge in [-0.15, -0.1) is 22.7 Å². The Bertz CT molecular complexity index is 2470. The summed E-state index contributed by atoms with van der Waals surface area (Å²) in [7, 11) is 0. The number of carbonyl (C=O) groups is 2. The van der Waals surface area contributed by atoms with Gasteiger partial charge >= 0.3 is 0 Å². The molecule has 0 atom stereocenters. The maximum absolute atomic E-state index is 9.00. The third kappa shape index (κ3) is 12.7. The molecule has 6 heterocycles. The van der Waals surface area contributed by atoms with Crippen molar-refractivity contribution in [3.63, 3.8) is 0 Å². The van der Waals surface area contributed by atoms with Crippen molar-refractivity contribution < 1.29 is 40.2 Å². The summed E-state index contributed by atoms with van der Waals surface area (Å²) in [6.45, 7) is 6.35. The molecule has 18 heteroatoms. The molecule has 0 amide bonds. The number of hydrogen-bond acceptors (Lipinski definition) is 8. The van der Waals surface area contributed by atoms with Gasteiger partial charge in [-0.3, -0.25) is 9.59 Å². The van der Waals surface area contributed by atoms with Crippen molar-refractivity contribution in [2.75, 3.05) is 0 Å². The maximum Gasteiger partial charge on any atom is 0.300 e. The number of aryl methyl sites for hydroxylation is 2. The van der Waals surface area contributed by atoms with Crippen LogP contribution < -0.4 is 0 Å². The zero-order valence-electron chi connectivity index (χ0n) is 27.4. The number of imidazole rings is 2. The quantitative estimate of drug-likeness (QED) is 0.155. The molecule has 6 aromatic heterocycles. The van der Waals surface area contributed by atoms with Gasteiger partial charge in [-0.2, -0.15) is 10.2 Å². The van der Waals surface area contributed by atoms with Gasteiger partial charge in [-0.1, -0.05) is 53.8 Å². The van der Waals surface area contributed by atoms with Gasteiger partial charge in [0.2, 0.25) is 0 Å². The number of aliphatic carboxylic acids is 2. The predicted octanol–water partition coefficient (Wildman–Crippen LogP) is 12.0. The first-order valence-corrected chi connectivity index (χ1v) is 18.5. The van der Waals surface area contributed by atoms with Gasteiger partial charge < -0.3 is 10.2 Å². The zero-order valence-corrected chi connectivity index (χ0v) is 35.2. The second-order valence-corrected chi connectivity index (χ2v) is 15.4. The number of fused-ring (bicyclic) bond motifs is 4. The van der Waals surface area contributed by atoms with Gasteiger partial charge in [0.1, 0.15) is 16.0 Å². The normalized spacial score (nSPS) is 9.98. The summed E-state index contributed by atoms with van der Waals surface area (Å²) >= 11 is 30.6. The fourth-order valence-electron chi connectivity index (χ4n) is 4.40. The van der Waals surface area contributed by atoms with Crippen LogP contribution in [0.5, 0.6) is 0 Å². The Morgan fingerprint density at radius 2 is 1.25 bits per heavy atom. The summed E-state index contributed by atoms with van der Waals surface area (Å²) in [4.78, 5) is 27.5. The van der Waals surface area contributed by atoms with E-state index in [-0.39, 0.29) is 27.8 Å². The molecule has 0 unspecified atom stereocenters. The van der Waals surface area contributed by atoms with Crippen LogP contribution >= 0.6 is 85.0 Å². The van der Waals surface area contributed by atoms with Crippen LogP contribution in [0.3, 0.4) is 0 Å². The van der Waals surface area contributed by atoms with Crippen LogP contribution in [0.2, 0.25) is 20.4 Å². The second kappa shape index (κ2) is 21.1. The summed E-state index contributed by atoms with van der Waals surface area (Å²) < 4.78 is 7.08. The summed E-state index contributed by atoms with van der Waals surface area (Å²) in [5, 5.41) is 28.0. The van der Waals surface area contributed by atoms with E-state index in [0.29, 0.717) is 10.3 Å². The van der Waals surface area contributed by atoms with E-state index in [1.165, 1.54) is 35.1 Å². The van der Waals surface area contributed by atoms with Crippen molar-refractivity contribution in [1.29, 1.82) is 0 Å². The number of nitrogens with zero attached hydrogens (tertiary/aromatic N) is 6. The van der Waals surface area contributed by atoms with E-state index >= 15 is 0 Å². The number of thiophene rings is 2. The minimum absolute atomic E-state index is 0. The molecular weight excluding hydrogens is 961 g/mol. The molecule has 2 N–H and O–H groups in total. The van der Waals surface area contributed by atoms with Crippen LogP contribution in [0, 0.1) is 13.8 Å². The number of aromatic nitrogens is 6. The number of halogens is 5. The molecule has 0 radical (unpaired) electrons. The zero-order chi connectivity index (χ0) is 37.4. The molecule has 0 aliphatic rings. The van der Waals surface area contributed by atoms with Crippen molar-refractivity contribution in [2.45, 2.75) is 35.1 Å². The van der Waals surface area contributed by atoms with Gasteiger partial charge in [-0.05, 0) is 112 Å². The molecule has 10 nitrogen and oxygen atoms in total. The molecule has 0 aliphatic carbocycles. The molecule has 0 spiro atoms. The molecule has 282 valence electrons. The maximum atomic E-state index is 9.00. The third-order valence-corrected chi connectivity index (χ3v) is 10.8. The van der Waals surface area contributed by atoms with Crippen LogP contribution in [0.15, 0.2) is 83.0 Å². The molecular formula is C35H31BrCl4N6O4PdS2. The minimum Gasteiger partial charge on any atom is -0.481 e. The molecule has 0 aliphatic heterocycles. The predicted molar refractivity (Wildman–Crippen MR) is 219 cm³/mol. The molecule has 0 bridgehead atoms. The second-order valence-electron chi connectivity index (χ2n) is 10.3. The van der Waals surface area contributed by atoms with Crippen molar-refractivity contribution in [3.8, 4) is 10.6 Å². The molecule has 8 aromatic rings. The Balaban J connectivity index is 0.000000260. The van der Waals surface area contributed by atoms with Crippen molar-refractivity contribution >= 4 is 128 Å². The number of rotatable bonds is 1. The summed E-state index contributed by atoms with van der Waals surface area (Å²) in [5.41, 5.74) is 4.99. The standard InChI is InChI=1S/C15H9Cl2N3S.C9H6BrClS.C6H4ClN3.2C2H4O2.CH4.Pd/c1-8-10-6-9(16)2-3-12(10)21-15(8)11-7-18-14-5-4-13(17)19-20(11)14;1-5-7-4-6(11)2-3-8(7)12-9(5)10;7-5-1-2-6-8-3-4-10(6)9-5;2*1-2(3)4;;/h2-7H,1H3;2-4H,1H3;1-4H;2*1H3,(H,3,4);1H4;. The van der Waals surface area contributed by atoms with E-state index in [4.69, 9.17) is 66.2 Å². The van der Waals surface area contributed by atoms with E-state index in [9.17, 15) is 0 Å². The van der Waals surface area contributed by atoms with Gasteiger partial charge in [0, 0.05) is 66.1 Å². The molecule has 53 heavy (non-hydrogen) atoms. The Morgan fingerprint density at radius 1 is 0.736 bits per heavy atom. The average molecular weight is 992 g/mol. The van der Waals surface area contributed by atoms with Crippen LogP contribution in [0.1, 0.15) is 32.4 Å². The number of hydrogen-bond donors (Lipinski definition) is 2. The summed E-state index contributed by atoms with van der Waals surface area (Å²) in [6, 6.07) is 19.1. The topological polar surface area (TPSA) is 135 Å². The van der Waals surface area contributed by atoms with E-state index in [1.807, 2.05) is 48.7 Å². The van der Waals surface area contributed by atoms with Gasteiger partial charge in [0.25, 0.3) is 11.9 Å². The van der Waals surface area contributed by atoms with E-state index < -0.39 is 11.9 Å². The van der Waals surface area contributed by atoms with E-state index in [1.54, 1.807) is 56.2 Å². The summed E-state index contributed by atoms with van der Waals surface area (Å²) in [6.07, 6.45) is 5.26. The number of carboxylic acid groups (broad SMARTS) is 2. The molecule has 0 saturated carbocycles. The largest absolute Gasteiger partial charge is 0.481 e. The van der Waals surface area contributed by atoms with Crippen LogP contribution in [-0.2, 0) is 30.0 Å². The SMILES string of the molecule is C.CC(=O)O.CC(=O)O.Cc1c(-c2cnc3ccc(Cl)nn23)sc2ccc(Cl)cc12.Cc1c(Br)sc2ccc(Cl)cc12.Clc1ccc2nccn2n1.[Pd]. The first kappa shape index (κ1) is 46.0. The molecule has 8 rings (SSSR count). The number of benzene rings is 2. The van der Waals surface area contributed by atoms with Gasteiger partial charge in [0.15, 0.2) is 11.3 Å². The fraction of sp³-hybridized carbons (Fsp3) is 0.143. The van der Waals surface area contributed by atoms with Gasteiger partial charge in [-0.25, -0.2) is 19.0 Å². The first-order valence-electron chi connectivity index (χ1n) is 14.5. The Kier molecular flexibility index (Phi) is 18.3. The fourth-order valence-corrected chi connectivity index (χ4v) is 7.86. The number of carboxylic acids is 2. The van der Waals surface area contributed by atoms with E-state index in [0.717, 1.165) is 45.8 Å². The third-order valence-electron chi connectivity index (χ3n) is 6.52. The minimum atomic E-state index is -0.833. The van der Waals surface area contributed by atoms with Crippen LogP contribution in [-0.4, -0.2) is 51.3 Å². The molecule has 0 saturated heterocycles. The summed E-state index contributed by atoms with van der Waals surface area (Å²) in [5.74, 6) is -1.67. The van der Waals surface area contributed by atoms with Gasteiger partial charge in [0.05, 0.1) is 14.9 Å². The van der Waals surface area contributed by atoms with Crippen molar-refractivity contribution in [2.24, 2.45) is 0 Å². The van der Waals surface area contributed by atoms with E-state index in [2.05, 4.69) is 56.0 Å². The Morgan fingerprint density at radius 3 is 1.83 bits per heavy atom. The first-order chi connectivity index (χ1) is 24.1. The Hall–Kier alpha value is -3.16.